The number of benzene rings is 2. The molecule has 3 aliphatic heterocycles. The molecule has 2 amide bonds. The van der Waals surface area contributed by atoms with Gasteiger partial charge >= 0.3 is 0 Å². The van der Waals surface area contributed by atoms with Crippen LogP contribution in [0.5, 0.6) is 5.75 Å². The van der Waals surface area contributed by atoms with E-state index in [-0.39, 0.29) is 23.7 Å². The van der Waals surface area contributed by atoms with Crippen LogP contribution >= 0.6 is 0 Å². The van der Waals surface area contributed by atoms with E-state index in [1.807, 2.05) is 76.1 Å². The minimum atomic E-state index is -0.405. The van der Waals surface area contributed by atoms with Gasteiger partial charge in [0.2, 0.25) is 11.8 Å². The average Bonchev–Trinajstić information content (AvgIpc) is 3.94. The number of imidazole rings is 1. The van der Waals surface area contributed by atoms with Crippen molar-refractivity contribution in [2.45, 2.75) is 37.8 Å². The fourth-order valence-electron chi connectivity index (χ4n) is 8.03. The Bertz CT molecular complexity index is 2310. The number of nitrogens with zero attached hydrogens (tertiary/aromatic N) is 8. The van der Waals surface area contributed by atoms with Crippen LogP contribution in [-0.2, 0) is 9.59 Å². The number of halogens is 1. The minimum Gasteiger partial charge on any atom is -0.492 e. The third kappa shape index (κ3) is 6.45. The summed E-state index contributed by atoms with van der Waals surface area (Å²) in [6, 6.07) is 24.5. The van der Waals surface area contributed by atoms with Crippen molar-refractivity contribution in [3.8, 4) is 17.1 Å². The molecule has 2 unspecified atom stereocenters. The Balaban J connectivity index is 0.836. The van der Waals surface area contributed by atoms with Crippen molar-refractivity contribution in [3.63, 3.8) is 0 Å². The Morgan fingerprint density at radius 2 is 1.74 bits per heavy atom. The highest BCUT2D eigenvalue weighted by atomic mass is 19.1. The number of hydrogen-bond donors (Lipinski definition) is 1. The fourth-order valence-corrected chi connectivity index (χ4v) is 8.03. The first-order valence-electron chi connectivity index (χ1n) is 18.4. The zero-order valence-corrected chi connectivity index (χ0v) is 29.3. The highest BCUT2D eigenvalue weighted by Gasteiger charge is 2.30. The summed E-state index contributed by atoms with van der Waals surface area (Å²) >= 11 is 0. The molecule has 3 saturated heterocycles. The van der Waals surface area contributed by atoms with E-state index in [1.54, 1.807) is 12.1 Å². The maximum atomic E-state index is 14.1. The lowest BCUT2D eigenvalue weighted by Crippen LogP contribution is -2.47. The van der Waals surface area contributed by atoms with Gasteiger partial charge in [0.25, 0.3) is 0 Å². The van der Waals surface area contributed by atoms with Crippen LogP contribution < -0.4 is 19.9 Å². The quantitative estimate of drug-likeness (QED) is 0.197. The number of hydrogen-bond acceptors (Lipinski definition) is 9. The molecular formula is C40H40FN9O3. The summed E-state index contributed by atoms with van der Waals surface area (Å²) in [5.74, 6) is 1.84. The van der Waals surface area contributed by atoms with Crippen LogP contribution in [-0.4, -0.2) is 86.7 Å². The number of carbonyl (C=O) groups is 2. The second-order valence-electron chi connectivity index (χ2n) is 13.9. The summed E-state index contributed by atoms with van der Waals surface area (Å²) in [7, 11) is 0. The van der Waals surface area contributed by atoms with E-state index in [0.29, 0.717) is 19.4 Å². The molecule has 3 fully saturated rings. The number of rotatable bonds is 9. The first-order valence-corrected chi connectivity index (χ1v) is 18.4. The van der Waals surface area contributed by atoms with Crippen molar-refractivity contribution >= 4 is 40.0 Å². The number of ether oxygens (including phenoxy) is 1. The Morgan fingerprint density at radius 3 is 2.60 bits per heavy atom. The number of imide groups is 1. The van der Waals surface area contributed by atoms with Crippen molar-refractivity contribution in [1.82, 2.24) is 34.4 Å². The van der Waals surface area contributed by atoms with Crippen molar-refractivity contribution in [3.05, 3.63) is 103 Å². The highest BCUT2D eigenvalue weighted by molar-refractivity contribution is 6.00. The maximum Gasteiger partial charge on any atom is 0.249 e. The topological polar surface area (TPSA) is 113 Å². The van der Waals surface area contributed by atoms with Crippen LogP contribution in [0, 0.1) is 5.82 Å². The number of piperidine rings is 1. The summed E-state index contributed by atoms with van der Waals surface area (Å²) in [6.45, 7) is 5.63. The number of amides is 2. The van der Waals surface area contributed by atoms with Gasteiger partial charge in [0.15, 0.2) is 5.65 Å². The predicted octanol–water partition coefficient (Wildman–Crippen LogP) is 5.41. The van der Waals surface area contributed by atoms with Gasteiger partial charge in [0.05, 0.1) is 23.4 Å². The largest absolute Gasteiger partial charge is 0.492 e. The van der Waals surface area contributed by atoms with Gasteiger partial charge < -0.3 is 19.1 Å². The van der Waals surface area contributed by atoms with Gasteiger partial charge in [-0.1, -0.05) is 24.3 Å². The second-order valence-corrected chi connectivity index (χ2v) is 13.9. The fraction of sp³-hybridized carbons (Fsp3) is 0.325. The molecular weight excluding hydrogens is 673 g/mol. The smallest absolute Gasteiger partial charge is 0.249 e. The van der Waals surface area contributed by atoms with E-state index < -0.39 is 6.04 Å². The maximum absolute atomic E-state index is 14.1. The number of fused-ring (bicyclic) bond motifs is 2. The molecule has 7 heterocycles. The van der Waals surface area contributed by atoms with E-state index >= 15 is 0 Å². The Morgan fingerprint density at radius 1 is 0.868 bits per heavy atom. The summed E-state index contributed by atoms with van der Waals surface area (Å²) in [6.07, 6.45) is 6.52. The lowest BCUT2D eigenvalue weighted by atomic mass is 10.0. The molecule has 0 bridgehead atoms. The highest BCUT2D eigenvalue weighted by Crippen LogP contribution is 2.36. The molecule has 0 spiro atoms. The van der Waals surface area contributed by atoms with Gasteiger partial charge in [-0.15, -0.1) is 5.10 Å². The number of anilines is 2. The Labute approximate surface area is 305 Å². The van der Waals surface area contributed by atoms with E-state index in [0.717, 1.165) is 103 Å². The minimum absolute atomic E-state index is 0.0725. The van der Waals surface area contributed by atoms with Gasteiger partial charge in [-0.3, -0.25) is 19.8 Å². The normalized spacial score (nSPS) is 19.7. The van der Waals surface area contributed by atoms with Crippen LogP contribution in [0.4, 0.5) is 16.0 Å². The van der Waals surface area contributed by atoms with E-state index in [1.165, 1.54) is 6.07 Å². The van der Waals surface area contributed by atoms with Crippen LogP contribution in [0.3, 0.4) is 0 Å². The van der Waals surface area contributed by atoms with Crippen molar-refractivity contribution in [2.24, 2.45) is 0 Å². The molecule has 53 heavy (non-hydrogen) atoms. The van der Waals surface area contributed by atoms with Crippen molar-refractivity contribution < 1.29 is 18.7 Å². The molecule has 13 heteroatoms. The van der Waals surface area contributed by atoms with Gasteiger partial charge in [-0.25, -0.2) is 18.9 Å². The Hall–Kier alpha value is -5.82. The summed E-state index contributed by atoms with van der Waals surface area (Å²) in [5, 5.41) is 8.43. The van der Waals surface area contributed by atoms with Crippen LogP contribution in [0.1, 0.15) is 43.3 Å². The summed E-state index contributed by atoms with van der Waals surface area (Å²) in [5.41, 5.74) is 4.26. The van der Waals surface area contributed by atoms with Gasteiger partial charge in [-0.2, -0.15) is 0 Å². The second kappa shape index (κ2) is 14.0. The van der Waals surface area contributed by atoms with Crippen LogP contribution in [0.15, 0.2) is 91.3 Å². The molecule has 2 atom stereocenters. The monoisotopic (exact) mass is 713 g/mol. The summed E-state index contributed by atoms with van der Waals surface area (Å²) < 4.78 is 24.2. The molecule has 0 aliphatic carbocycles. The lowest BCUT2D eigenvalue weighted by molar-refractivity contribution is -0.135. The molecule has 270 valence electrons. The molecule has 0 saturated carbocycles. The van der Waals surface area contributed by atoms with Crippen molar-refractivity contribution in [2.75, 3.05) is 55.7 Å². The number of pyridine rings is 1. The third-order valence-electron chi connectivity index (χ3n) is 10.8. The van der Waals surface area contributed by atoms with Crippen LogP contribution in [0.2, 0.25) is 0 Å². The lowest BCUT2D eigenvalue weighted by Gasteiger charge is -2.35. The zero-order chi connectivity index (χ0) is 35.9. The van der Waals surface area contributed by atoms with Gasteiger partial charge in [0, 0.05) is 57.3 Å². The van der Waals surface area contributed by atoms with E-state index in [4.69, 9.17) is 14.8 Å². The molecule has 2 aromatic carbocycles. The molecule has 9 rings (SSSR count). The molecule has 12 nitrogen and oxygen atoms in total. The number of piperazine rings is 1. The number of nitrogens with one attached hydrogen (secondary N) is 1. The van der Waals surface area contributed by atoms with Crippen LogP contribution in [0.25, 0.3) is 27.9 Å². The average molecular weight is 714 g/mol. The molecule has 4 aromatic heterocycles. The van der Waals surface area contributed by atoms with Crippen molar-refractivity contribution in [1.29, 1.82) is 0 Å². The first kappa shape index (κ1) is 33.0. The molecule has 0 radical (unpaired) electrons. The first-order chi connectivity index (χ1) is 26.0. The van der Waals surface area contributed by atoms with E-state index in [2.05, 4.69) is 31.1 Å². The molecule has 3 aliphatic rings. The SMILES string of the molecule is O=C1CCC(n2ccc3c(OCCN4CCN(c5cccc(-c6cnc7ccc(N8CCCC8c8cccc(F)c8)nn67)n5)CC4)cccc32)C(=O)N1. The number of aromatic nitrogens is 5. The molecule has 1 N–H and O–H groups in total. The molecule has 6 aromatic rings. The van der Waals surface area contributed by atoms with E-state index in [9.17, 15) is 14.0 Å². The Kier molecular flexibility index (Phi) is 8.70. The predicted molar refractivity (Wildman–Crippen MR) is 199 cm³/mol. The summed E-state index contributed by atoms with van der Waals surface area (Å²) in [4.78, 5) is 40.8. The van der Waals surface area contributed by atoms with Gasteiger partial charge in [-0.05, 0) is 79.4 Å². The third-order valence-corrected chi connectivity index (χ3v) is 10.8. The van der Waals surface area contributed by atoms with Gasteiger partial charge in [0.1, 0.15) is 41.5 Å². The zero-order valence-electron chi connectivity index (χ0n) is 29.3. The number of carbonyl (C=O) groups excluding carboxylic acids is 2. The standard InChI is InChI=1S/C40H40FN9O3/c41-28-6-1-5-27(25-28)31-9-4-17-49(31)38-14-13-36-42-26-34(50(36)45-38)30-7-2-11-37(43-30)47-21-19-46(20-22-47)23-24-53-35-10-3-8-32-29(35)16-18-48(32)33-12-15-39(51)44-40(33)52/h1-3,5-8,10-11,13-14,16,18,25-26,31,33H,4,9,12,15,17,19-24H2,(H,44,51,52).